The van der Waals surface area contributed by atoms with Crippen LogP contribution in [-0.2, 0) is 6.54 Å². The van der Waals surface area contributed by atoms with Crippen LogP contribution >= 0.6 is 39.0 Å². The van der Waals surface area contributed by atoms with Crippen molar-refractivity contribution in [2.24, 2.45) is 0 Å². The number of thioether (sulfide) groups is 1. The number of aryl methyl sites for hydroxylation is 1. The van der Waals surface area contributed by atoms with Crippen molar-refractivity contribution in [2.45, 2.75) is 18.6 Å². The fourth-order valence-electron chi connectivity index (χ4n) is 3.62. The first kappa shape index (κ1) is 26.1. The van der Waals surface area contributed by atoms with Gasteiger partial charge in [-0.1, -0.05) is 52.0 Å². The molecule has 36 heavy (non-hydrogen) atoms. The monoisotopic (exact) mass is 585 g/mol. The second-order valence-corrected chi connectivity index (χ2v) is 11.1. The summed E-state index contributed by atoms with van der Waals surface area (Å²) in [7, 11) is 4.95. The van der Waals surface area contributed by atoms with Gasteiger partial charge < -0.3 is 9.64 Å². The molecule has 0 bridgehead atoms. The number of fused-ring (bicyclic) bond motifs is 1. The molecule has 0 aliphatic rings. The van der Waals surface area contributed by atoms with Crippen molar-refractivity contribution in [3.05, 3.63) is 84.9 Å². The molecule has 2 heterocycles. The predicted octanol–water partition coefficient (Wildman–Crippen LogP) is 5.26. The van der Waals surface area contributed by atoms with Crippen molar-refractivity contribution in [3.63, 3.8) is 0 Å². The zero-order chi connectivity index (χ0) is 26.0. The van der Waals surface area contributed by atoms with Crippen LogP contribution in [0, 0.1) is 6.92 Å². The molecule has 0 fully saturated rings. The molecule has 0 unspecified atom stereocenters. The highest BCUT2D eigenvalue weighted by atomic mass is 79.9. The molecular weight excluding hydrogens is 562 g/mol. The smallest absolute Gasteiger partial charge is 0.263 e. The van der Waals surface area contributed by atoms with Crippen molar-refractivity contribution >= 4 is 60.9 Å². The Labute approximate surface area is 225 Å². The van der Waals surface area contributed by atoms with Crippen molar-refractivity contribution in [1.82, 2.24) is 14.5 Å². The number of hydrogen-bond donors (Lipinski definition) is 0. The highest BCUT2D eigenvalue weighted by Crippen LogP contribution is 2.30. The molecule has 1 amide bonds. The summed E-state index contributed by atoms with van der Waals surface area (Å²) < 4.78 is 7.71. The van der Waals surface area contributed by atoms with Gasteiger partial charge in [-0.05, 0) is 42.3 Å². The highest BCUT2D eigenvalue weighted by Gasteiger charge is 2.23. The number of carbonyl (C=O) groups is 2. The average molecular weight is 587 g/mol. The molecule has 0 aliphatic heterocycles. The van der Waals surface area contributed by atoms with Gasteiger partial charge in [0.05, 0.1) is 29.7 Å². The SMILES string of the molecule is COc1ccc(Cn2c(SCC(=O)c3ccc(Br)cc3)nc3sc(C(=O)N(C)C)c(C)c3c2=O)cc1. The number of thiophene rings is 1. The Balaban J connectivity index is 1.76. The summed E-state index contributed by atoms with van der Waals surface area (Å²) in [5.74, 6) is 0.602. The summed E-state index contributed by atoms with van der Waals surface area (Å²) >= 11 is 5.80. The molecule has 4 aromatic rings. The summed E-state index contributed by atoms with van der Waals surface area (Å²) in [6.45, 7) is 2.05. The van der Waals surface area contributed by atoms with E-state index in [0.29, 0.717) is 31.4 Å². The van der Waals surface area contributed by atoms with Gasteiger partial charge in [0.25, 0.3) is 11.5 Å². The van der Waals surface area contributed by atoms with Crippen LogP contribution in [0.2, 0.25) is 0 Å². The first-order valence-electron chi connectivity index (χ1n) is 11.0. The Morgan fingerprint density at radius 3 is 2.39 bits per heavy atom. The first-order valence-corrected chi connectivity index (χ1v) is 13.6. The number of rotatable bonds is 8. The van der Waals surface area contributed by atoms with E-state index in [1.54, 1.807) is 44.8 Å². The van der Waals surface area contributed by atoms with E-state index >= 15 is 0 Å². The number of carbonyl (C=O) groups excluding carboxylic acids is 2. The van der Waals surface area contributed by atoms with E-state index in [0.717, 1.165) is 15.8 Å². The summed E-state index contributed by atoms with van der Waals surface area (Å²) in [4.78, 5) is 46.5. The van der Waals surface area contributed by atoms with Crippen LogP contribution in [0.25, 0.3) is 10.2 Å². The van der Waals surface area contributed by atoms with Crippen molar-refractivity contribution < 1.29 is 14.3 Å². The fraction of sp³-hybridized carbons (Fsp3) is 0.231. The van der Waals surface area contributed by atoms with E-state index in [1.165, 1.54) is 28.0 Å². The molecule has 0 aliphatic carbocycles. The number of methoxy groups -OCH3 is 1. The quantitative estimate of drug-likeness (QED) is 0.159. The molecule has 0 atom stereocenters. The lowest BCUT2D eigenvalue weighted by molar-refractivity contribution is 0.0831. The summed E-state index contributed by atoms with van der Waals surface area (Å²) in [6.07, 6.45) is 0. The molecule has 10 heteroatoms. The molecular formula is C26H24BrN3O4S2. The van der Waals surface area contributed by atoms with E-state index in [9.17, 15) is 14.4 Å². The lowest BCUT2D eigenvalue weighted by Gasteiger charge is -2.13. The first-order chi connectivity index (χ1) is 17.2. The zero-order valence-electron chi connectivity index (χ0n) is 20.2. The molecule has 7 nitrogen and oxygen atoms in total. The number of Topliss-reactive ketones (excluding diaryl/α,β-unsaturated/α-hetero) is 1. The van der Waals surface area contributed by atoms with Gasteiger partial charge in [0.15, 0.2) is 10.9 Å². The maximum Gasteiger partial charge on any atom is 0.263 e. The Morgan fingerprint density at radius 2 is 1.78 bits per heavy atom. The number of ketones is 1. The van der Waals surface area contributed by atoms with E-state index in [4.69, 9.17) is 9.72 Å². The van der Waals surface area contributed by atoms with E-state index in [1.807, 2.05) is 36.4 Å². The van der Waals surface area contributed by atoms with Gasteiger partial charge in [-0.15, -0.1) is 11.3 Å². The Kier molecular flexibility index (Phi) is 7.97. The van der Waals surface area contributed by atoms with Crippen LogP contribution in [0.4, 0.5) is 0 Å². The zero-order valence-corrected chi connectivity index (χ0v) is 23.4. The fourth-order valence-corrected chi connectivity index (χ4v) is 6.02. The molecule has 0 radical (unpaired) electrons. The van der Waals surface area contributed by atoms with Gasteiger partial charge in [-0.25, -0.2) is 4.98 Å². The second-order valence-electron chi connectivity index (χ2n) is 8.29. The van der Waals surface area contributed by atoms with Crippen LogP contribution < -0.4 is 10.3 Å². The molecule has 2 aromatic heterocycles. The molecule has 0 spiro atoms. The number of ether oxygens (including phenoxy) is 1. The van der Waals surface area contributed by atoms with Gasteiger partial charge in [0.1, 0.15) is 10.6 Å². The summed E-state index contributed by atoms with van der Waals surface area (Å²) in [5, 5.41) is 0.862. The van der Waals surface area contributed by atoms with Gasteiger partial charge in [-0.2, -0.15) is 0 Å². The topological polar surface area (TPSA) is 81.5 Å². The third kappa shape index (κ3) is 5.40. The summed E-state index contributed by atoms with van der Waals surface area (Å²) in [5.41, 5.74) is 1.86. The van der Waals surface area contributed by atoms with Gasteiger partial charge >= 0.3 is 0 Å². The Hall–Kier alpha value is -2.95. The minimum Gasteiger partial charge on any atom is -0.497 e. The third-order valence-electron chi connectivity index (χ3n) is 5.61. The predicted molar refractivity (Wildman–Crippen MR) is 148 cm³/mol. The number of nitrogens with zero attached hydrogens (tertiary/aromatic N) is 3. The van der Waals surface area contributed by atoms with Crippen molar-refractivity contribution in [2.75, 3.05) is 27.0 Å². The lowest BCUT2D eigenvalue weighted by Crippen LogP contribution is -2.25. The lowest BCUT2D eigenvalue weighted by atomic mass is 10.2. The number of aromatic nitrogens is 2. The highest BCUT2D eigenvalue weighted by molar-refractivity contribution is 9.10. The van der Waals surface area contributed by atoms with Crippen LogP contribution in [0.3, 0.4) is 0 Å². The minimum atomic E-state index is -0.235. The Bertz CT molecular complexity index is 1490. The largest absolute Gasteiger partial charge is 0.497 e. The van der Waals surface area contributed by atoms with Crippen molar-refractivity contribution in [3.8, 4) is 5.75 Å². The average Bonchev–Trinajstić information content (AvgIpc) is 3.20. The third-order valence-corrected chi connectivity index (χ3v) is 8.29. The van der Waals surface area contributed by atoms with Crippen LogP contribution in [0.5, 0.6) is 5.75 Å². The number of amides is 1. The van der Waals surface area contributed by atoms with Gasteiger partial charge in [-0.3, -0.25) is 19.0 Å². The van der Waals surface area contributed by atoms with Gasteiger partial charge in [0.2, 0.25) is 0 Å². The van der Waals surface area contributed by atoms with Crippen LogP contribution in [-0.4, -0.2) is 53.1 Å². The van der Waals surface area contributed by atoms with Crippen molar-refractivity contribution in [1.29, 1.82) is 0 Å². The molecule has 0 saturated heterocycles. The van der Waals surface area contributed by atoms with E-state index < -0.39 is 0 Å². The number of hydrogen-bond acceptors (Lipinski definition) is 7. The van der Waals surface area contributed by atoms with Crippen LogP contribution in [0.1, 0.15) is 31.2 Å². The molecule has 0 saturated carbocycles. The molecule has 2 aromatic carbocycles. The maximum absolute atomic E-state index is 13.7. The number of benzene rings is 2. The number of halogens is 1. The van der Waals surface area contributed by atoms with E-state index in [-0.39, 0.29) is 29.5 Å². The maximum atomic E-state index is 13.7. The molecule has 4 rings (SSSR count). The summed E-state index contributed by atoms with van der Waals surface area (Å²) in [6, 6.07) is 14.6. The molecule has 0 N–H and O–H groups in total. The minimum absolute atomic E-state index is 0.0660. The molecule has 186 valence electrons. The van der Waals surface area contributed by atoms with E-state index in [2.05, 4.69) is 15.9 Å². The van der Waals surface area contributed by atoms with Gasteiger partial charge in [0, 0.05) is 24.1 Å². The Morgan fingerprint density at radius 1 is 1.11 bits per heavy atom. The second kappa shape index (κ2) is 11.0. The van der Waals surface area contributed by atoms with Crippen LogP contribution in [0.15, 0.2) is 63.0 Å². The standard InChI is InChI=1S/C26H24BrN3O4S2/c1-15-21-23(36-22(15)25(33)29(2)3)28-26(35-14-20(31)17-7-9-18(27)10-8-17)30(24(21)32)13-16-5-11-19(34-4)12-6-16/h5-12H,13-14H2,1-4H3. The normalized spacial score (nSPS) is 11.0.